The summed E-state index contributed by atoms with van der Waals surface area (Å²) in [6.45, 7) is 2.83. The predicted molar refractivity (Wildman–Crippen MR) is 52.4 cm³/mol. The molecule has 0 aliphatic rings. The van der Waals surface area contributed by atoms with E-state index in [0.29, 0.717) is 0 Å². The summed E-state index contributed by atoms with van der Waals surface area (Å²) in [6, 6.07) is 2.16. The Bertz CT molecular complexity index is 350. The number of H-pyrrole nitrogens is 2. The van der Waals surface area contributed by atoms with Crippen LogP contribution < -0.4 is 5.32 Å². The Morgan fingerprint density at radius 3 is 3.07 bits per heavy atom. The summed E-state index contributed by atoms with van der Waals surface area (Å²) in [5.74, 6) is 0.949. The number of imidazole rings is 1. The summed E-state index contributed by atoms with van der Waals surface area (Å²) in [7, 11) is 0. The molecule has 0 radical (unpaired) electrons. The number of nitrogens with one attached hydrogen (secondary N) is 3. The highest BCUT2D eigenvalue weighted by atomic mass is 15.1. The minimum Gasteiger partial charge on any atom is -0.347 e. The van der Waals surface area contributed by atoms with Gasteiger partial charge in [0.2, 0.25) is 0 Å². The summed E-state index contributed by atoms with van der Waals surface area (Å²) in [4.78, 5) is 7.24. The van der Waals surface area contributed by atoms with Crippen LogP contribution in [0.1, 0.15) is 24.5 Å². The van der Waals surface area contributed by atoms with Crippen LogP contribution in [0.15, 0.2) is 24.7 Å². The fourth-order valence-corrected chi connectivity index (χ4v) is 1.26. The van der Waals surface area contributed by atoms with Crippen molar-refractivity contribution in [1.82, 2.24) is 25.5 Å². The second-order valence-corrected chi connectivity index (χ2v) is 3.16. The highest BCUT2D eigenvalue weighted by molar-refractivity contribution is 4.99. The van der Waals surface area contributed by atoms with Crippen molar-refractivity contribution in [3.8, 4) is 0 Å². The smallest absolute Gasteiger partial charge is 0.122 e. The third kappa shape index (κ3) is 2.00. The van der Waals surface area contributed by atoms with Crippen molar-refractivity contribution in [2.45, 2.75) is 19.5 Å². The lowest BCUT2D eigenvalue weighted by Crippen LogP contribution is -2.19. The molecular formula is C9H13N5. The van der Waals surface area contributed by atoms with Crippen LogP contribution in [-0.4, -0.2) is 20.2 Å². The molecule has 0 spiro atoms. The third-order valence-corrected chi connectivity index (χ3v) is 2.09. The quantitative estimate of drug-likeness (QED) is 0.674. The Hall–Kier alpha value is -1.62. The van der Waals surface area contributed by atoms with Crippen molar-refractivity contribution >= 4 is 0 Å². The highest BCUT2D eigenvalue weighted by Crippen LogP contribution is 2.05. The molecule has 0 aliphatic heterocycles. The van der Waals surface area contributed by atoms with Crippen LogP contribution in [0.4, 0.5) is 0 Å². The first-order valence-corrected chi connectivity index (χ1v) is 4.57. The Morgan fingerprint density at radius 2 is 2.43 bits per heavy atom. The van der Waals surface area contributed by atoms with Gasteiger partial charge < -0.3 is 10.3 Å². The number of aromatic nitrogens is 4. The largest absolute Gasteiger partial charge is 0.347 e. The normalized spacial score (nSPS) is 12.9. The second-order valence-electron chi connectivity index (χ2n) is 3.16. The summed E-state index contributed by atoms with van der Waals surface area (Å²) < 4.78 is 0. The van der Waals surface area contributed by atoms with E-state index in [1.54, 1.807) is 12.4 Å². The Kier molecular flexibility index (Phi) is 2.60. The molecule has 2 heterocycles. The van der Waals surface area contributed by atoms with E-state index in [-0.39, 0.29) is 6.04 Å². The molecule has 5 heteroatoms. The van der Waals surface area contributed by atoms with Gasteiger partial charge in [-0.3, -0.25) is 5.10 Å². The predicted octanol–water partition coefficient (Wildman–Crippen LogP) is 0.984. The molecular weight excluding hydrogens is 178 g/mol. The van der Waals surface area contributed by atoms with Crippen molar-refractivity contribution < 1.29 is 0 Å². The first kappa shape index (κ1) is 8.96. The monoisotopic (exact) mass is 191 g/mol. The van der Waals surface area contributed by atoms with E-state index in [0.717, 1.165) is 18.1 Å². The number of hydrogen-bond acceptors (Lipinski definition) is 3. The Morgan fingerprint density at radius 1 is 1.50 bits per heavy atom. The topological polar surface area (TPSA) is 69.4 Å². The molecule has 2 rings (SSSR count). The number of nitrogens with zero attached hydrogens (tertiary/aromatic N) is 2. The Labute approximate surface area is 82.0 Å². The van der Waals surface area contributed by atoms with Gasteiger partial charge >= 0.3 is 0 Å². The van der Waals surface area contributed by atoms with Crippen molar-refractivity contribution in [2.24, 2.45) is 0 Å². The van der Waals surface area contributed by atoms with E-state index in [9.17, 15) is 0 Å². The van der Waals surface area contributed by atoms with E-state index >= 15 is 0 Å². The van der Waals surface area contributed by atoms with E-state index in [4.69, 9.17) is 0 Å². The minimum atomic E-state index is 0.216. The van der Waals surface area contributed by atoms with Crippen LogP contribution in [0, 0.1) is 0 Å². The van der Waals surface area contributed by atoms with Gasteiger partial charge in [-0.2, -0.15) is 5.10 Å². The first-order valence-electron chi connectivity index (χ1n) is 4.57. The highest BCUT2D eigenvalue weighted by Gasteiger charge is 2.06. The number of rotatable bonds is 4. The molecule has 14 heavy (non-hydrogen) atoms. The molecule has 3 N–H and O–H groups in total. The molecule has 2 aromatic rings. The molecule has 0 amide bonds. The fraction of sp³-hybridized carbons (Fsp3) is 0.333. The van der Waals surface area contributed by atoms with E-state index < -0.39 is 0 Å². The van der Waals surface area contributed by atoms with Gasteiger partial charge in [-0.25, -0.2) is 4.98 Å². The van der Waals surface area contributed by atoms with Gasteiger partial charge in [0.25, 0.3) is 0 Å². The summed E-state index contributed by atoms with van der Waals surface area (Å²) in [5.41, 5.74) is 1.07. The van der Waals surface area contributed by atoms with Gasteiger partial charge in [-0.05, 0) is 13.0 Å². The van der Waals surface area contributed by atoms with Gasteiger partial charge in [0.05, 0.1) is 6.04 Å². The van der Waals surface area contributed by atoms with Gasteiger partial charge in [0.1, 0.15) is 5.82 Å². The second kappa shape index (κ2) is 4.06. The maximum absolute atomic E-state index is 4.17. The average Bonchev–Trinajstić information content (AvgIpc) is 2.87. The maximum Gasteiger partial charge on any atom is 0.122 e. The lowest BCUT2D eigenvalue weighted by molar-refractivity contribution is 0.544. The Balaban J connectivity index is 1.87. The van der Waals surface area contributed by atoms with Gasteiger partial charge in [0.15, 0.2) is 0 Å². The minimum absolute atomic E-state index is 0.216. The zero-order valence-electron chi connectivity index (χ0n) is 7.99. The molecule has 0 saturated carbocycles. The van der Waals surface area contributed by atoms with Crippen molar-refractivity contribution in [2.75, 3.05) is 0 Å². The molecule has 0 aliphatic carbocycles. The molecule has 1 unspecified atom stereocenters. The van der Waals surface area contributed by atoms with E-state index in [1.165, 1.54) is 0 Å². The fourth-order valence-electron chi connectivity index (χ4n) is 1.26. The lowest BCUT2D eigenvalue weighted by Gasteiger charge is -2.09. The van der Waals surface area contributed by atoms with Crippen LogP contribution in [0.3, 0.4) is 0 Å². The maximum atomic E-state index is 4.17. The first-order chi connectivity index (χ1) is 6.86. The zero-order chi connectivity index (χ0) is 9.80. The standard InChI is InChI=1S/C9H13N5/c1-7(9-10-4-5-11-9)12-6-8-2-3-13-14-8/h2-5,7,12H,6H2,1H3,(H,10,11)(H,13,14). The molecule has 5 nitrogen and oxygen atoms in total. The number of aromatic amines is 2. The van der Waals surface area contributed by atoms with Crippen molar-refractivity contribution in [3.05, 3.63) is 36.2 Å². The molecule has 0 bridgehead atoms. The summed E-state index contributed by atoms with van der Waals surface area (Å²) >= 11 is 0. The molecule has 1 atom stereocenters. The van der Waals surface area contributed by atoms with Crippen molar-refractivity contribution in [3.63, 3.8) is 0 Å². The SMILES string of the molecule is CC(NCc1ccn[nH]1)c1ncc[nH]1. The molecule has 2 aromatic heterocycles. The van der Waals surface area contributed by atoms with Gasteiger partial charge in [-0.1, -0.05) is 0 Å². The molecule has 0 aromatic carbocycles. The van der Waals surface area contributed by atoms with Gasteiger partial charge in [0, 0.05) is 30.8 Å². The molecule has 74 valence electrons. The molecule has 0 fully saturated rings. The van der Waals surface area contributed by atoms with E-state index in [1.807, 2.05) is 12.3 Å². The summed E-state index contributed by atoms with van der Waals surface area (Å²) in [5, 5.41) is 10.1. The van der Waals surface area contributed by atoms with Gasteiger partial charge in [-0.15, -0.1) is 0 Å². The van der Waals surface area contributed by atoms with Crippen molar-refractivity contribution in [1.29, 1.82) is 0 Å². The van der Waals surface area contributed by atoms with Crippen LogP contribution in [0.2, 0.25) is 0 Å². The van der Waals surface area contributed by atoms with E-state index in [2.05, 4.69) is 32.4 Å². The lowest BCUT2D eigenvalue weighted by atomic mass is 10.3. The number of hydrogen-bond donors (Lipinski definition) is 3. The third-order valence-electron chi connectivity index (χ3n) is 2.09. The zero-order valence-corrected chi connectivity index (χ0v) is 7.99. The van der Waals surface area contributed by atoms with Crippen LogP contribution in [-0.2, 0) is 6.54 Å². The van der Waals surface area contributed by atoms with Crippen LogP contribution in [0.25, 0.3) is 0 Å². The molecule has 0 saturated heterocycles. The van der Waals surface area contributed by atoms with Crippen LogP contribution >= 0.6 is 0 Å². The average molecular weight is 191 g/mol. The summed E-state index contributed by atoms with van der Waals surface area (Å²) in [6.07, 6.45) is 5.32. The van der Waals surface area contributed by atoms with Crippen LogP contribution in [0.5, 0.6) is 0 Å².